The molecule has 2 aromatic heterocycles. The summed E-state index contributed by atoms with van der Waals surface area (Å²) in [4.78, 5) is 39.4. The molecule has 2 atom stereocenters. The van der Waals surface area contributed by atoms with Crippen LogP contribution in [0.1, 0.15) is 41.6 Å². The van der Waals surface area contributed by atoms with Crippen LogP contribution in [0.3, 0.4) is 0 Å². The van der Waals surface area contributed by atoms with Gasteiger partial charge in [0.1, 0.15) is 12.0 Å². The topological polar surface area (TPSA) is 121 Å². The van der Waals surface area contributed by atoms with Gasteiger partial charge < -0.3 is 15.5 Å². The van der Waals surface area contributed by atoms with Gasteiger partial charge in [0.25, 0.3) is 5.91 Å². The number of nitrogens with two attached hydrogens (primary N) is 1. The molecular formula is C19H25N7O2S2. The first-order valence-corrected chi connectivity index (χ1v) is 12.1. The lowest BCUT2D eigenvalue weighted by Crippen LogP contribution is -2.40. The van der Waals surface area contributed by atoms with Crippen molar-refractivity contribution >= 4 is 40.0 Å². The van der Waals surface area contributed by atoms with Crippen molar-refractivity contribution in [3.05, 3.63) is 16.9 Å². The molecule has 2 saturated heterocycles. The highest BCUT2D eigenvalue weighted by Gasteiger charge is 2.66. The summed E-state index contributed by atoms with van der Waals surface area (Å²) in [6, 6.07) is 0. The summed E-state index contributed by atoms with van der Waals surface area (Å²) in [6.07, 6.45) is 5.50. The highest BCUT2D eigenvalue weighted by molar-refractivity contribution is 7.99. The summed E-state index contributed by atoms with van der Waals surface area (Å²) in [7, 11) is 0. The number of thiazole rings is 1. The highest BCUT2D eigenvalue weighted by atomic mass is 32.2. The van der Waals surface area contributed by atoms with Gasteiger partial charge >= 0.3 is 0 Å². The average Bonchev–Trinajstić information content (AvgIpc) is 3.48. The van der Waals surface area contributed by atoms with Gasteiger partial charge in [0.15, 0.2) is 10.3 Å². The highest BCUT2D eigenvalue weighted by Crippen LogP contribution is 2.62. The van der Waals surface area contributed by atoms with E-state index in [1.807, 2.05) is 16.7 Å². The Bertz CT molecular complexity index is 956. The van der Waals surface area contributed by atoms with Crippen LogP contribution in [0, 0.1) is 10.8 Å². The van der Waals surface area contributed by atoms with Crippen LogP contribution in [0.2, 0.25) is 0 Å². The summed E-state index contributed by atoms with van der Waals surface area (Å²) in [5.74, 6) is 0.473. The Morgan fingerprint density at radius 2 is 1.93 bits per heavy atom. The maximum Gasteiger partial charge on any atom is 0.273 e. The van der Waals surface area contributed by atoms with Gasteiger partial charge in [0.2, 0.25) is 5.91 Å². The first kappa shape index (κ1) is 19.8. The van der Waals surface area contributed by atoms with E-state index in [1.165, 1.54) is 35.8 Å². The zero-order chi connectivity index (χ0) is 20.9. The lowest BCUT2D eigenvalue weighted by atomic mass is 9.71. The zero-order valence-corrected chi connectivity index (χ0v) is 18.5. The van der Waals surface area contributed by atoms with Crippen molar-refractivity contribution in [1.29, 1.82) is 0 Å². The number of carbonyl (C=O) groups excluding carboxylic acids is 2. The molecule has 2 aromatic rings. The molecule has 1 saturated carbocycles. The van der Waals surface area contributed by atoms with E-state index in [0.29, 0.717) is 34.8 Å². The van der Waals surface area contributed by atoms with Gasteiger partial charge in [-0.2, -0.15) is 5.10 Å². The Hall–Kier alpha value is -2.14. The number of rotatable bonds is 5. The number of aryl methyl sites for hydroxylation is 1. The number of aromatic nitrogens is 4. The van der Waals surface area contributed by atoms with Crippen LogP contribution in [0.25, 0.3) is 0 Å². The normalized spacial score (nSPS) is 27.5. The molecule has 3 N–H and O–H groups in total. The molecule has 30 heavy (non-hydrogen) atoms. The molecule has 0 spiro atoms. The van der Waals surface area contributed by atoms with E-state index in [1.54, 1.807) is 0 Å². The summed E-state index contributed by atoms with van der Waals surface area (Å²) < 4.78 is 0. The van der Waals surface area contributed by atoms with Crippen molar-refractivity contribution in [2.75, 3.05) is 37.7 Å². The minimum atomic E-state index is -0.00592. The number of hydrogen-bond donors (Lipinski definition) is 2. The van der Waals surface area contributed by atoms with E-state index >= 15 is 0 Å². The van der Waals surface area contributed by atoms with E-state index in [4.69, 9.17) is 5.73 Å². The number of thioether (sulfide) groups is 1. The fourth-order valence-electron chi connectivity index (χ4n) is 5.69. The number of likely N-dealkylation sites (tertiary alicyclic amines) is 2. The Balaban J connectivity index is 1.30. The van der Waals surface area contributed by atoms with Crippen molar-refractivity contribution in [1.82, 2.24) is 30.0 Å². The first-order valence-electron chi connectivity index (χ1n) is 10.3. The predicted molar refractivity (Wildman–Crippen MR) is 114 cm³/mol. The van der Waals surface area contributed by atoms with E-state index < -0.39 is 0 Å². The third kappa shape index (κ3) is 3.01. The fourth-order valence-corrected chi connectivity index (χ4v) is 7.13. The van der Waals surface area contributed by atoms with Crippen LogP contribution in [0.5, 0.6) is 0 Å². The van der Waals surface area contributed by atoms with Crippen LogP contribution < -0.4 is 5.73 Å². The molecule has 2 unspecified atom stereocenters. The van der Waals surface area contributed by atoms with Gasteiger partial charge in [-0.05, 0) is 19.3 Å². The van der Waals surface area contributed by atoms with E-state index in [2.05, 4.69) is 20.2 Å². The largest absolute Gasteiger partial charge is 0.375 e. The summed E-state index contributed by atoms with van der Waals surface area (Å²) in [6.45, 7) is 4.88. The van der Waals surface area contributed by atoms with E-state index in [-0.39, 0.29) is 22.6 Å². The second kappa shape index (κ2) is 7.23. The van der Waals surface area contributed by atoms with Crippen molar-refractivity contribution in [3.63, 3.8) is 0 Å². The Labute approximate surface area is 182 Å². The first-order chi connectivity index (χ1) is 14.5. The number of nitrogen functional groups attached to an aromatic ring is 1. The maximum atomic E-state index is 13.3. The molecular weight excluding hydrogens is 422 g/mol. The Morgan fingerprint density at radius 1 is 1.23 bits per heavy atom. The number of hydrogen-bond acceptors (Lipinski definition) is 8. The predicted octanol–water partition coefficient (Wildman–Crippen LogP) is 1.65. The molecule has 11 heteroatoms. The molecule has 9 nitrogen and oxygen atoms in total. The third-order valence-electron chi connectivity index (χ3n) is 7.01. The summed E-state index contributed by atoms with van der Waals surface area (Å²) in [5.41, 5.74) is 6.39. The maximum absolute atomic E-state index is 13.3. The SMILES string of the molecule is CCc1sc(N)nc1C(=O)N1CC23CCCC2(CN(C(=O)CSc2ncn[nH]2)C3)C1. The second-order valence-electron chi connectivity index (χ2n) is 8.58. The quantitative estimate of drug-likeness (QED) is 0.669. The van der Waals surface area contributed by atoms with Crippen molar-refractivity contribution in [3.8, 4) is 0 Å². The number of nitrogens with zero attached hydrogens (tertiary/aromatic N) is 5. The standard InChI is InChI=1S/C19H25N7O2S2/c1-2-12-14(23-16(20)30-12)15(28)26-9-18-4-3-5-19(18,10-26)8-25(7-18)13(27)6-29-17-21-11-22-24-17/h11H,2-10H2,1H3,(H2,20,23)(H,21,22,24). The van der Waals surface area contributed by atoms with Crippen LogP contribution in [-0.2, 0) is 11.2 Å². The van der Waals surface area contributed by atoms with Gasteiger partial charge in [-0.3, -0.25) is 14.7 Å². The molecule has 0 radical (unpaired) electrons. The van der Waals surface area contributed by atoms with Gasteiger partial charge in [0, 0.05) is 41.9 Å². The number of carbonyl (C=O) groups is 2. The average molecular weight is 448 g/mol. The van der Waals surface area contributed by atoms with Crippen LogP contribution in [-0.4, -0.2) is 73.7 Å². The zero-order valence-electron chi connectivity index (χ0n) is 16.9. The molecule has 4 heterocycles. The van der Waals surface area contributed by atoms with Gasteiger partial charge in [-0.25, -0.2) is 9.97 Å². The molecule has 5 rings (SSSR count). The lowest BCUT2D eigenvalue weighted by Gasteiger charge is -2.29. The monoisotopic (exact) mass is 447 g/mol. The van der Waals surface area contributed by atoms with Crippen molar-refractivity contribution in [2.45, 2.75) is 37.8 Å². The number of anilines is 1. The van der Waals surface area contributed by atoms with Gasteiger partial charge in [-0.15, -0.1) is 11.3 Å². The third-order valence-corrected chi connectivity index (χ3v) is 8.90. The van der Waals surface area contributed by atoms with Crippen molar-refractivity contribution in [2.24, 2.45) is 10.8 Å². The number of H-pyrrole nitrogens is 1. The second-order valence-corrected chi connectivity index (χ2v) is 10.7. The molecule has 160 valence electrons. The minimum Gasteiger partial charge on any atom is -0.375 e. The number of aromatic amines is 1. The molecule has 2 aliphatic heterocycles. The molecule has 1 aliphatic carbocycles. The lowest BCUT2D eigenvalue weighted by molar-refractivity contribution is -0.128. The molecule has 2 amide bonds. The Morgan fingerprint density at radius 3 is 2.57 bits per heavy atom. The van der Waals surface area contributed by atoms with Gasteiger partial charge in [0.05, 0.1) is 5.75 Å². The summed E-state index contributed by atoms with van der Waals surface area (Å²) in [5, 5.41) is 7.71. The summed E-state index contributed by atoms with van der Waals surface area (Å²) >= 11 is 2.78. The number of nitrogens with one attached hydrogen (secondary N) is 1. The van der Waals surface area contributed by atoms with Crippen LogP contribution in [0.15, 0.2) is 11.5 Å². The van der Waals surface area contributed by atoms with Crippen LogP contribution >= 0.6 is 23.1 Å². The smallest absolute Gasteiger partial charge is 0.273 e. The van der Waals surface area contributed by atoms with E-state index in [0.717, 1.165) is 37.2 Å². The molecule has 3 aliphatic rings. The minimum absolute atomic E-state index is 0.00314. The fraction of sp³-hybridized carbons (Fsp3) is 0.632. The molecule has 3 fully saturated rings. The number of amides is 2. The molecule has 0 bridgehead atoms. The Kier molecular flexibility index (Phi) is 4.77. The van der Waals surface area contributed by atoms with Crippen LogP contribution in [0.4, 0.5) is 5.13 Å². The molecule has 0 aromatic carbocycles. The van der Waals surface area contributed by atoms with Gasteiger partial charge in [-0.1, -0.05) is 25.1 Å². The van der Waals surface area contributed by atoms with E-state index in [9.17, 15) is 9.59 Å². The van der Waals surface area contributed by atoms with Crippen molar-refractivity contribution < 1.29 is 9.59 Å².